The van der Waals surface area contributed by atoms with E-state index in [0.29, 0.717) is 23.3 Å². The number of ether oxygens (including phenoxy) is 1. The molecule has 0 fully saturated rings. The summed E-state index contributed by atoms with van der Waals surface area (Å²) in [6.45, 7) is 2.53. The summed E-state index contributed by atoms with van der Waals surface area (Å²) in [7, 11) is 0. The third kappa shape index (κ3) is 2.74. The Morgan fingerprint density at radius 3 is 2.33 bits per heavy atom. The molecule has 4 nitrogen and oxygen atoms in total. The molecule has 3 rings (SSSR count). The van der Waals surface area contributed by atoms with Gasteiger partial charge in [0.1, 0.15) is 5.75 Å². The summed E-state index contributed by atoms with van der Waals surface area (Å²) in [4.78, 5) is 20.9. The maximum atomic E-state index is 12.5. The predicted molar refractivity (Wildman–Crippen MR) is 80.6 cm³/mol. The van der Waals surface area contributed by atoms with E-state index in [1.165, 1.54) is 0 Å². The van der Waals surface area contributed by atoms with Crippen molar-refractivity contribution in [2.45, 2.75) is 6.92 Å². The number of aromatic nitrogens is 2. The van der Waals surface area contributed by atoms with Crippen LogP contribution in [0.15, 0.2) is 54.9 Å². The first-order valence-corrected chi connectivity index (χ1v) is 6.76. The van der Waals surface area contributed by atoms with Crippen LogP contribution in [-0.2, 0) is 0 Å². The summed E-state index contributed by atoms with van der Waals surface area (Å²) in [6.07, 6.45) is 3.25. The lowest BCUT2D eigenvalue weighted by atomic mass is 10.0. The van der Waals surface area contributed by atoms with Gasteiger partial charge in [0.2, 0.25) is 0 Å². The van der Waals surface area contributed by atoms with Crippen LogP contribution in [0.1, 0.15) is 22.8 Å². The van der Waals surface area contributed by atoms with Crippen LogP contribution in [0.5, 0.6) is 5.75 Å². The van der Waals surface area contributed by atoms with Gasteiger partial charge in [0.25, 0.3) is 0 Å². The molecule has 4 heteroatoms. The molecule has 0 spiro atoms. The lowest BCUT2D eigenvalue weighted by Crippen LogP contribution is -2.02. The maximum Gasteiger partial charge on any atom is 0.193 e. The highest BCUT2D eigenvalue weighted by Crippen LogP contribution is 2.17. The summed E-state index contributed by atoms with van der Waals surface area (Å²) in [5.74, 6) is 0.726. The van der Waals surface area contributed by atoms with Crippen LogP contribution < -0.4 is 4.74 Å². The lowest BCUT2D eigenvalue weighted by Gasteiger charge is -2.05. The zero-order chi connectivity index (χ0) is 14.7. The Balaban J connectivity index is 1.92. The van der Waals surface area contributed by atoms with Gasteiger partial charge in [-0.25, -0.2) is 0 Å². The van der Waals surface area contributed by atoms with Crippen molar-refractivity contribution in [2.75, 3.05) is 6.61 Å². The second-order valence-corrected chi connectivity index (χ2v) is 4.55. The van der Waals surface area contributed by atoms with Crippen LogP contribution in [0.3, 0.4) is 0 Å². The Bertz CT molecular complexity index is 782. The highest BCUT2D eigenvalue weighted by Gasteiger charge is 2.10. The molecule has 0 saturated heterocycles. The molecule has 0 unspecified atom stereocenters. The zero-order valence-electron chi connectivity index (χ0n) is 11.6. The smallest absolute Gasteiger partial charge is 0.193 e. The van der Waals surface area contributed by atoms with Crippen LogP contribution in [0.4, 0.5) is 0 Å². The Kier molecular flexibility index (Phi) is 3.60. The summed E-state index contributed by atoms with van der Waals surface area (Å²) >= 11 is 0. The molecule has 0 atom stereocenters. The largest absolute Gasteiger partial charge is 0.494 e. The Morgan fingerprint density at radius 1 is 0.952 bits per heavy atom. The molecule has 0 saturated carbocycles. The normalized spacial score (nSPS) is 10.5. The van der Waals surface area contributed by atoms with Gasteiger partial charge in [-0.3, -0.25) is 14.8 Å². The quantitative estimate of drug-likeness (QED) is 0.687. The molecule has 0 bridgehead atoms. The Hall–Kier alpha value is -2.75. The number of benzene rings is 2. The topological polar surface area (TPSA) is 52.1 Å². The van der Waals surface area contributed by atoms with Crippen molar-refractivity contribution < 1.29 is 9.53 Å². The van der Waals surface area contributed by atoms with Crippen molar-refractivity contribution in [3.05, 3.63) is 66.0 Å². The molecule has 1 heterocycles. The minimum absolute atomic E-state index is 0.0365. The molecule has 3 aromatic rings. The summed E-state index contributed by atoms with van der Waals surface area (Å²) in [5.41, 5.74) is 2.73. The molecule has 104 valence electrons. The van der Waals surface area contributed by atoms with E-state index in [1.807, 2.05) is 13.0 Å². The van der Waals surface area contributed by atoms with Crippen LogP contribution >= 0.6 is 0 Å². The average Bonchev–Trinajstić information content (AvgIpc) is 2.55. The van der Waals surface area contributed by atoms with Crippen molar-refractivity contribution in [2.24, 2.45) is 0 Å². The number of nitrogens with zero attached hydrogens (tertiary/aromatic N) is 2. The number of hydrogen-bond acceptors (Lipinski definition) is 4. The Labute approximate surface area is 122 Å². The van der Waals surface area contributed by atoms with E-state index < -0.39 is 0 Å². The molecule has 21 heavy (non-hydrogen) atoms. The fraction of sp³-hybridized carbons (Fsp3) is 0.118. The summed E-state index contributed by atoms with van der Waals surface area (Å²) in [6, 6.07) is 12.5. The highest BCUT2D eigenvalue weighted by molar-refractivity contribution is 6.10. The molecular weight excluding hydrogens is 264 g/mol. The van der Waals surface area contributed by atoms with E-state index >= 15 is 0 Å². The van der Waals surface area contributed by atoms with E-state index in [4.69, 9.17) is 4.74 Å². The van der Waals surface area contributed by atoms with Crippen LogP contribution in [-0.4, -0.2) is 22.4 Å². The fourth-order valence-corrected chi connectivity index (χ4v) is 2.14. The van der Waals surface area contributed by atoms with Gasteiger partial charge >= 0.3 is 0 Å². The van der Waals surface area contributed by atoms with Gasteiger partial charge in [-0.1, -0.05) is 0 Å². The van der Waals surface area contributed by atoms with Gasteiger partial charge in [-0.2, -0.15) is 0 Å². The lowest BCUT2D eigenvalue weighted by molar-refractivity contribution is 0.103. The molecule has 0 N–H and O–H groups in total. The second kappa shape index (κ2) is 5.71. The van der Waals surface area contributed by atoms with Crippen molar-refractivity contribution in [3.63, 3.8) is 0 Å². The molecule has 1 aromatic heterocycles. The van der Waals surface area contributed by atoms with Gasteiger partial charge < -0.3 is 4.74 Å². The van der Waals surface area contributed by atoms with E-state index in [2.05, 4.69) is 9.97 Å². The predicted octanol–water partition coefficient (Wildman–Crippen LogP) is 3.26. The van der Waals surface area contributed by atoms with Crippen LogP contribution in [0.25, 0.3) is 11.0 Å². The minimum atomic E-state index is -0.0365. The van der Waals surface area contributed by atoms with Crippen molar-refractivity contribution in [1.29, 1.82) is 0 Å². The molecule has 0 aliphatic carbocycles. The number of carbonyl (C=O) groups is 1. The molecule has 0 radical (unpaired) electrons. The van der Waals surface area contributed by atoms with E-state index in [-0.39, 0.29) is 5.78 Å². The second-order valence-electron chi connectivity index (χ2n) is 4.55. The van der Waals surface area contributed by atoms with Gasteiger partial charge in [0.05, 0.1) is 17.6 Å². The maximum absolute atomic E-state index is 12.5. The number of carbonyl (C=O) groups excluding carboxylic acids is 1. The average molecular weight is 278 g/mol. The standard InChI is InChI=1S/C17H14N2O2/c1-2-21-14-6-3-12(4-7-14)17(20)13-5-8-15-16(11-13)19-10-9-18-15/h3-11H,2H2,1H3. The van der Waals surface area contributed by atoms with Gasteiger partial charge in [0.15, 0.2) is 5.78 Å². The van der Waals surface area contributed by atoms with Crippen molar-refractivity contribution >= 4 is 16.8 Å². The van der Waals surface area contributed by atoms with Gasteiger partial charge in [-0.05, 0) is 49.4 Å². The third-order valence-electron chi connectivity index (χ3n) is 3.16. The molecular formula is C17H14N2O2. The summed E-state index contributed by atoms with van der Waals surface area (Å²) < 4.78 is 5.37. The van der Waals surface area contributed by atoms with Gasteiger partial charge in [-0.15, -0.1) is 0 Å². The minimum Gasteiger partial charge on any atom is -0.494 e. The SMILES string of the molecule is CCOc1ccc(C(=O)c2ccc3nccnc3c2)cc1. The van der Waals surface area contributed by atoms with E-state index in [0.717, 1.165) is 11.3 Å². The van der Waals surface area contributed by atoms with E-state index in [1.54, 1.807) is 48.8 Å². The van der Waals surface area contributed by atoms with E-state index in [9.17, 15) is 4.79 Å². The molecule has 2 aromatic carbocycles. The van der Waals surface area contributed by atoms with Crippen LogP contribution in [0.2, 0.25) is 0 Å². The molecule has 0 aliphatic rings. The highest BCUT2D eigenvalue weighted by atomic mass is 16.5. The van der Waals surface area contributed by atoms with Gasteiger partial charge in [0, 0.05) is 23.5 Å². The number of ketones is 1. The Morgan fingerprint density at radius 2 is 1.62 bits per heavy atom. The first-order chi connectivity index (χ1) is 10.3. The fourth-order valence-electron chi connectivity index (χ4n) is 2.14. The van der Waals surface area contributed by atoms with Crippen molar-refractivity contribution in [3.8, 4) is 5.75 Å². The number of hydrogen-bond donors (Lipinski definition) is 0. The number of fused-ring (bicyclic) bond motifs is 1. The monoisotopic (exact) mass is 278 g/mol. The number of rotatable bonds is 4. The first-order valence-electron chi connectivity index (χ1n) is 6.76. The molecule has 0 amide bonds. The van der Waals surface area contributed by atoms with Crippen molar-refractivity contribution in [1.82, 2.24) is 9.97 Å². The zero-order valence-corrected chi connectivity index (χ0v) is 11.6. The summed E-state index contributed by atoms with van der Waals surface area (Å²) in [5, 5.41) is 0. The first kappa shape index (κ1) is 13.2. The third-order valence-corrected chi connectivity index (χ3v) is 3.16. The molecule has 0 aliphatic heterocycles. The van der Waals surface area contributed by atoms with Crippen LogP contribution in [0, 0.1) is 0 Å².